The van der Waals surface area contributed by atoms with Crippen molar-refractivity contribution < 1.29 is 23.4 Å². The molecular formula is C26H32N2O6. The summed E-state index contributed by atoms with van der Waals surface area (Å²) in [7, 11) is 1.63. The van der Waals surface area contributed by atoms with Crippen molar-refractivity contribution in [2.24, 2.45) is 0 Å². The maximum Gasteiger partial charge on any atom is 0.437 e. The average molecular weight is 469 g/mol. The third-order valence-corrected chi connectivity index (χ3v) is 5.36. The van der Waals surface area contributed by atoms with Gasteiger partial charge in [-0.1, -0.05) is 24.3 Å². The second-order valence-electron chi connectivity index (χ2n) is 8.55. The highest BCUT2D eigenvalue weighted by atomic mass is 16.6. The Morgan fingerprint density at radius 2 is 1.79 bits per heavy atom. The van der Waals surface area contributed by atoms with Gasteiger partial charge in [-0.3, -0.25) is 0 Å². The van der Waals surface area contributed by atoms with Crippen LogP contribution in [0.4, 0.5) is 0 Å². The zero-order chi connectivity index (χ0) is 24.7. The van der Waals surface area contributed by atoms with Gasteiger partial charge in [0, 0.05) is 6.42 Å². The number of ether oxygens (including phenoxy) is 3. The molecule has 34 heavy (non-hydrogen) atoms. The molecule has 0 atom stereocenters. The predicted molar refractivity (Wildman–Crippen MR) is 127 cm³/mol. The van der Waals surface area contributed by atoms with Gasteiger partial charge in [0.1, 0.15) is 11.5 Å². The van der Waals surface area contributed by atoms with Crippen molar-refractivity contribution in [1.82, 2.24) is 9.78 Å². The Bertz CT molecular complexity index is 1160. The van der Waals surface area contributed by atoms with E-state index in [-0.39, 0.29) is 0 Å². The second-order valence-corrected chi connectivity index (χ2v) is 8.55. The van der Waals surface area contributed by atoms with E-state index < -0.39 is 17.3 Å². The lowest BCUT2D eigenvalue weighted by Crippen LogP contribution is -2.39. The quantitative estimate of drug-likeness (QED) is 0.391. The van der Waals surface area contributed by atoms with Gasteiger partial charge >= 0.3 is 11.7 Å². The smallest absolute Gasteiger partial charge is 0.437 e. The van der Waals surface area contributed by atoms with Crippen LogP contribution in [0, 0.1) is 6.92 Å². The third kappa shape index (κ3) is 6.50. The standard InChI is InChI=1S/C26H32N2O6/c1-6-32-24(29)26(3,4)34-21-13-10-19(11-14-21)8-7-9-23-27-28(25(30)33-23)17-20-12-15-22(31-5)18(2)16-20/h10-16H,6-9,17H2,1-5H3. The Hall–Kier alpha value is -3.55. The van der Waals surface area contributed by atoms with Crippen LogP contribution in [-0.2, 0) is 28.9 Å². The first kappa shape index (κ1) is 25.1. The number of benzene rings is 2. The topological polar surface area (TPSA) is 92.8 Å². The van der Waals surface area contributed by atoms with E-state index in [1.807, 2.05) is 49.4 Å². The molecule has 8 heteroatoms. The molecule has 0 radical (unpaired) electrons. The number of rotatable bonds is 11. The minimum absolute atomic E-state index is 0.310. The molecule has 0 saturated carbocycles. The van der Waals surface area contributed by atoms with E-state index >= 15 is 0 Å². The lowest BCUT2D eigenvalue weighted by atomic mass is 10.1. The first-order chi connectivity index (χ1) is 16.2. The van der Waals surface area contributed by atoms with Crippen molar-refractivity contribution in [3.63, 3.8) is 0 Å². The maximum atomic E-state index is 12.2. The molecule has 0 amide bonds. The summed E-state index contributed by atoms with van der Waals surface area (Å²) in [5.41, 5.74) is 2.00. The van der Waals surface area contributed by atoms with E-state index in [1.54, 1.807) is 27.9 Å². The van der Waals surface area contributed by atoms with Gasteiger partial charge < -0.3 is 18.6 Å². The van der Waals surface area contributed by atoms with E-state index in [1.165, 1.54) is 4.68 Å². The summed E-state index contributed by atoms with van der Waals surface area (Å²) in [6, 6.07) is 13.3. The fourth-order valence-corrected chi connectivity index (χ4v) is 3.57. The number of aromatic nitrogens is 2. The molecule has 3 aromatic rings. The molecule has 0 fully saturated rings. The average Bonchev–Trinajstić information content (AvgIpc) is 3.14. The summed E-state index contributed by atoms with van der Waals surface area (Å²) >= 11 is 0. The van der Waals surface area contributed by atoms with Crippen LogP contribution < -0.4 is 15.2 Å². The lowest BCUT2D eigenvalue weighted by molar-refractivity contribution is -0.158. The van der Waals surface area contributed by atoms with Crippen LogP contribution in [0.3, 0.4) is 0 Å². The Morgan fingerprint density at radius 3 is 2.44 bits per heavy atom. The fourth-order valence-electron chi connectivity index (χ4n) is 3.57. The van der Waals surface area contributed by atoms with E-state index in [2.05, 4.69) is 5.10 Å². The van der Waals surface area contributed by atoms with Crippen molar-refractivity contribution in [2.75, 3.05) is 13.7 Å². The number of aryl methyl sites for hydroxylation is 3. The Kier molecular flexibility index (Phi) is 8.15. The predicted octanol–water partition coefficient (Wildman–Crippen LogP) is 4.10. The van der Waals surface area contributed by atoms with Crippen LogP contribution in [0.15, 0.2) is 51.7 Å². The lowest BCUT2D eigenvalue weighted by Gasteiger charge is -2.24. The number of methoxy groups -OCH3 is 1. The monoisotopic (exact) mass is 468 g/mol. The van der Waals surface area contributed by atoms with E-state index in [0.29, 0.717) is 31.2 Å². The van der Waals surface area contributed by atoms with Gasteiger partial charge in [0.2, 0.25) is 5.89 Å². The third-order valence-electron chi connectivity index (χ3n) is 5.36. The summed E-state index contributed by atoms with van der Waals surface area (Å²) < 4.78 is 22.8. The number of esters is 1. The molecule has 182 valence electrons. The molecule has 2 aromatic carbocycles. The highest BCUT2D eigenvalue weighted by Gasteiger charge is 2.31. The molecule has 8 nitrogen and oxygen atoms in total. The number of nitrogens with zero attached hydrogens (tertiary/aromatic N) is 2. The van der Waals surface area contributed by atoms with Crippen LogP contribution in [0.5, 0.6) is 11.5 Å². The highest BCUT2D eigenvalue weighted by molar-refractivity contribution is 5.79. The van der Waals surface area contributed by atoms with Crippen molar-refractivity contribution >= 4 is 5.97 Å². The van der Waals surface area contributed by atoms with Crippen LogP contribution in [0.1, 0.15) is 49.8 Å². The SMILES string of the molecule is CCOC(=O)C(C)(C)Oc1ccc(CCCc2nn(Cc3ccc(OC)c(C)c3)c(=O)o2)cc1. The minimum Gasteiger partial charge on any atom is -0.496 e. The minimum atomic E-state index is -1.06. The summed E-state index contributed by atoms with van der Waals surface area (Å²) in [5.74, 6) is 0.960. The summed E-state index contributed by atoms with van der Waals surface area (Å²) in [4.78, 5) is 24.2. The first-order valence-corrected chi connectivity index (χ1v) is 11.4. The number of hydrogen-bond acceptors (Lipinski definition) is 7. The largest absolute Gasteiger partial charge is 0.496 e. The molecule has 0 saturated heterocycles. The summed E-state index contributed by atoms with van der Waals surface area (Å²) in [5, 5.41) is 4.34. The summed E-state index contributed by atoms with van der Waals surface area (Å²) in [6.45, 7) is 7.74. The molecule has 3 rings (SSSR count). The van der Waals surface area contributed by atoms with Gasteiger partial charge in [0.15, 0.2) is 5.60 Å². The van der Waals surface area contributed by atoms with E-state index in [0.717, 1.165) is 35.3 Å². The van der Waals surface area contributed by atoms with Crippen molar-refractivity contribution in [1.29, 1.82) is 0 Å². The van der Waals surface area contributed by atoms with Crippen molar-refractivity contribution in [3.8, 4) is 11.5 Å². The fraction of sp³-hybridized carbons (Fsp3) is 0.423. The highest BCUT2D eigenvalue weighted by Crippen LogP contribution is 2.21. The number of carbonyl (C=O) groups is 1. The van der Waals surface area contributed by atoms with Gasteiger partial charge in [-0.2, -0.15) is 4.68 Å². The Morgan fingerprint density at radius 1 is 1.09 bits per heavy atom. The van der Waals surface area contributed by atoms with Crippen LogP contribution in [0.25, 0.3) is 0 Å². The molecule has 0 unspecified atom stereocenters. The Balaban J connectivity index is 1.52. The second kappa shape index (κ2) is 11.0. The molecule has 0 aliphatic carbocycles. The van der Waals surface area contributed by atoms with Crippen LogP contribution in [-0.4, -0.2) is 35.1 Å². The normalized spacial score (nSPS) is 11.3. The van der Waals surface area contributed by atoms with E-state index in [4.69, 9.17) is 18.6 Å². The Labute approximate surface area is 199 Å². The molecule has 0 aliphatic rings. The van der Waals surface area contributed by atoms with Crippen LogP contribution in [0.2, 0.25) is 0 Å². The molecule has 0 bridgehead atoms. The number of carbonyl (C=O) groups excluding carboxylic acids is 1. The van der Waals surface area contributed by atoms with Gasteiger partial charge in [0.25, 0.3) is 0 Å². The van der Waals surface area contributed by atoms with Crippen molar-refractivity contribution in [2.45, 2.75) is 59.1 Å². The zero-order valence-corrected chi connectivity index (χ0v) is 20.4. The molecule has 1 aromatic heterocycles. The van der Waals surface area contributed by atoms with Crippen LogP contribution >= 0.6 is 0 Å². The number of hydrogen-bond donors (Lipinski definition) is 0. The van der Waals surface area contributed by atoms with Gasteiger partial charge in [-0.25, -0.2) is 9.59 Å². The molecule has 1 heterocycles. The van der Waals surface area contributed by atoms with Gasteiger partial charge in [-0.15, -0.1) is 5.10 Å². The summed E-state index contributed by atoms with van der Waals surface area (Å²) in [6.07, 6.45) is 2.12. The molecule has 0 spiro atoms. The van der Waals surface area contributed by atoms with E-state index in [9.17, 15) is 9.59 Å². The van der Waals surface area contributed by atoms with Crippen molar-refractivity contribution in [3.05, 3.63) is 75.6 Å². The first-order valence-electron chi connectivity index (χ1n) is 11.4. The van der Waals surface area contributed by atoms with Gasteiger partial charge in [0.05, 0.1) is 20.3 Å². The molecule has 0 aliphatic heterocycles. The zero-order valence-electron chi connectivity index (χ0n) is 20.4. The maximum absolute atomic E-state index is 12.2. The van der Waals surface area contributed by atoms with Gasteiger partial charge in [-0.05, 0) is 75.4 Å². The molecular weight excluding hydrogens is 436 g/mol. The molecule has 0 N–H and O–H groups in total.